The number of methoxy groups -OCH3 is 1. The molecule has 0 spiro atoms. The van der Waals surface area contributed by atoms with Crippen LogP contribution >= 0.6 is 11.6 Å². The summed E-state index contributed by atoms with van der Waals surface area (Å²) in [5.74, 6) is -0.00498. The van der Waals surface area contributed by atoms with Crippen molar-refractivity contribution in [3.63, 3.8) is 0 Å². The predicted octanol–water partition coefficient (Wildman–Crippen LogP) is 3.16. The molecular formula is C23H28ClN3O5S. The molecule has 0 aromatic heterocycles. The van der Waals surface area contributed by atoms with E-state index in [1.165, 1.54) is 25.3 Å². The van der Waals surface area contributed by atoms with Gasteiger partial charge in [0.05, 0.1) is 30.0 Å². The highest BCUT2D eigenvalue weighted by Gasteiger charge is 2.26. The molecule has 1 aliphatic heterocycles. The molecule has 1 saturated heterocycles. The molecule has 0 unspecified atom stereocenters. The molecule has 10 heteroatoms. The van der Waals surface area contributed by atoms with Crippen LogP contribution in [0.4, 0.5) is 5.69 Å². The maximum atomic E-state index is 13.0. The molecule has 1 fully saturated rings. The second-order valence-electron chi connectivity index (χ2n) is 7.74. The van der Waals surface area contributed by atoms with Gasteiger partial charge in [-0.1, -0.05) is 30.7 Å². The Hall–Kier alpha value is -2.62. The zero-order valence-corrected chi connectivity index (χ0v) is 20.3. The smallest absolute Gasteiger partial charge is 0.243 e. The number of hydrogen-bond donors (Lipinski definition) is 1. The first kappa shape index (κ1) is 25.0. The molecule has 8 nitrogen and oxygen atoms in total. The Kier molecular flexibility index (Phi) is 8.34. The van der Waals surface area contributed by atoms with Crippen molar-refractivity contribution in [2.75, 3.05) is 38.6 Å². The van der Waals surface area contributed by atoms with Gasteiger partial charge in [0.1, 0.15) is 5.75 Å². The van der Waals surface area contributed by atoms with E-state index in [9.17, 15) is 18.0 Å². The van der Waals surface area contributed by atoms with E-state index in [0.29, 0.717) is 17.9 Å². The molecule has 1 aliphatic rings. The van der Waals surface area contributed by atoms with Crippen LogP contribution in [0.5, 0.6) is 5.75 Å². The molecule has 2 aromatic carbocycles. The monoisotopic (exact) mass is 493 g/mol. The van der Waals surface area contributed by atoms with Crippen LogP contribution in [-0.2, 0) is 26.0 Å². The highest BCUT2D eigenvalue weighted by atomic mass is 35.5. The largest absolute Gasteiger partial charge is 0.495 e. The van der Waals surface area contributed by atoms with Gasteiger partial charge in [0.25, 0.3) is 0 Å². The molecule has 0 atom stereocenters. The van der Waals surface area contributed by atoms with Gasteiger partial charge in [-0.3, -0.25) is 9.59 Å². The van der Waals surface area contributed by atoms with Crippen LogP contribution in [0.3, 0.4) is 0 Å². The minimum atomic E-state index is -3.92. The van der Waals surface area contributed by atoms with Crippen molar-refractivity contribution in [2.24, 2.45) is 0 Å². The maximum absolute atomic E-state index is 13.0. The van der Waals surface area contributed by atoms with Gasteiger partial charge in [-0.15, -0.1) is 0 Å². The first-order chi connectivity index (χ1) is 15.7. The number of likely N-dealkylation sites (tertiary alicyclic amines) is 1. The van der Waals surface area contributed by atoms with Gasteiger partial charge in [0.15, 0.2) is 0 Å². The number of benzene rings is 2. The summed E-state index contributed by atoms with van der Waals surface area (Å²) in [4.78, 5) is 26.7. The lowest BCUT2D eigenvalue weighted by molar-refractivity contribution is -0.129. The van der Waals surface area contributed by atoms with Crippen LogP contribution in [0.15, 0.2) is 47.4 Å². The summed E-state index contributed by atoms with van der Waals surface area (Å²) in [6.07, 6.45) is 2.42. The van der Waals surface area contributed by atoms with Crippen molar-refractivity contribution in [1.82, 2.24) is 9.21 Å². The second-order valence-corrected chi connectivity index (χ2v) is 10.1. The number of halogens is 1. The molecule has 2 amide bonds. The Morgan fingerprint density at radius 3 is 2.36 bits per heavy atom. The highest BCUT2D eigenvalue weighted by Crippen LogP contribution is 2.28. The molecule has 3 rings (SSSR count). The lowest BCUT2D eigenvalue weighted by Crippen LogP contribution is -2.37. The molecule has 0 radical (unpaired) electrons. The van der Waals surface area contributed by atoms with Gasteiger partial charge in [0, 0.05) is 25.3 Å². The highest BCUT2D eigenvalue weighted by molar-refractivity contribution is 7.89. The number of hydrogen-bond acceptors (Lipinski definition) is 5. The lowest BCUT2D eigenvalue weighted by atomic mass is 10.1. The Morgan fingerprint density at radius 1 is 1.12 bits per heavy atom. The van der Waals surface area contributed by atoms with Gasteiger partial charge in [-0.05, 0) is 48.7 Å². The predicted molar refractivity (Wildman–Crippen MR) is 127 cm³/mol. The van der Waals surface area contributed by atoms with E-state index >= 15 is 0 Å². The fourth-order valence-corrected chi connectivity index (χ4v) is 5.40. The van der Waals surface area contributed by atoms with E-state index in [1.807, 2.05) is 4.90 Å². The molecule has 2 aromatic rings. The number of anilines is 1. The summed E-state index contributed by atoms with van der Waals surface area (Å²) in [6, 6.07) is 11.2. The number of nitrogens with one attached hydrogen (secondary N) is 1. The quantitative estimate of drug-likeness (QED) is 0.579. The van der Waals surface area contributed by atoms with Gasteiger partial charge in [-0.25, -0.2) is 8.42 Å². The summed E-state index contributed by atoms with van der Waals surface area (Å²) in [5, 5.41) is 2.88. The summed E-state index contributed by atoms with van der Waals surface area (Å²) in [5.41, 5.74) is 1.39. The van der Waals surface area contributed by atoms with Crippen molar-refractivity contribution >= 4 is 39.1 Å². The number of rotatable bonds is 9. The van der Waals surface area contributed by atoms with Crippen molar-refractivity contribution in [3.8, 4) is 5.75 Å². The molecule has 0 bridgehead atoms. The topological polar surface area (TPSA) is 96.0 Å². The van der Waals surface area contributed by atoms with Crippen LogP contribution in [0.1, 0.15) is 25.3 Å². The van der Waals surface area contributed by atoms with Crippen molar-refractivity contribution < 1.29 is 22.7 Å². The number of carbonyl (C=O) groups is 2. The fourth-order valence-electron chi connectivity index (χ4n) is 3.64. The van der Waals surface area contributed by atoms with Gasteiger partial charge in [-0.2, -0.15) is 4.31 Å². The Balaban J connectivity index is 1.61. The average Bonchev–Trinajstić information content (AvgIpc) is 3.34. The summed E-state index contributed by atoms with van der Waals surface area (Å²) in [7, 11) is -2.48. The van der Waals surface area contributed by atoms with E-state index in [4.69, 9.17) is 16.3 Å². The standard InChI is InChI=1S/C23H28ClN3O5S/c1-3-27(33(30,31)19-10-11-21(32-2)20(24)15-19)16-22(28)25-18-8-6-17(7-9-18)14-23(29)26-12-4-5-13-26/h6-11,15H,3-5,12-14,16H2,1-2H3,(H,25,28). The zero-order chi connectivity index (χ0) is 24.0. The summed E-state index contributed by atoms with van der Waals surface area (Å²) in [6.45, 7) is 3.04. The minimum absolute atomic E-state index is 0.0185. The number of amides is 2. The second kappa shape index (κ2) is 11.0. The third kappa shape index (κ3) is 6.25. The van der Waals surface area contributed by atoms with Crippen LogP contribution in [0.25, 0.3) is 0 Å². The van der Waals surface area contributed by atoms with Gasteiger partial charge >= 0.3 is 0 Å². The Morgan fingerprint density at radius 2 is 1.79 bits per heavy atom. The number of sulfonamides is 1. The summed E-state index contributed by atoms with van der Waals surface area (Å²) >= 11 is 6.07. The first-order valence-corrected chi connectivity index (χ1v) is 12.6. The molecule has 0 saturated carbocycles. The van der Waals surface area contributed by atoms with E-state index in [0.717, 1.165) is 35.8 Å². The van der Waals surface area contributed by atoms with Crippen LogP contribution < -0.4 is 10.1 Å². The van der Waals surface area contributed by atoms with Crippen LogP contribution in [0, 0.1) is 0 Å². The van der Waals surface area contributed by atoms with Crippen molar-refractivity contribution in [1.29, 1.82) is 0 Å². The molecule has 1 N–H and O–H groups in total. The van der Waals surface area contributed by atoms with Gasteiger partial charge in [0.2, 0.25) is 21.8 Å². The first-order valence-electron chi connectivity index (χ1n) is 10.7. The van der Waals surface area contributed by atoms with E-state index in [-0.39, 0.29) is 28.9 Å². The van der Waals surface area contributed by atoms with Crippen LogP contribution in [-0.4, -0.2) is 62.7 Å². The third-order valence-corrected chi connectivity index (χ3v) is 7.70. The molecule has 33 heavy (non-hydrogen) atoms. The Labute approximate surface area is 199 Å². The summed E-state index contributed by atoms with van der Waals surface area (Å²) < 4.78 is 32.1. The zero-order valence-electron chi connectivity index (χ0n) is 18.7. The van der Waals surface area contributed by atoms with E-state index in [2.05, 4.69) is 5.32 Å². The number of nitrogens with zero attached hydrogens (tertiary/aromatic N) is 2. The fraction of sp³-hybridized carbons (Fsp3) is 0.391. The minimum Gasteiger partial charge on any atom is -0.495 e. The SMILES string of the molecule is CCN(CC(=O)Nc1ccc(CC(=O)N2CCCC2)cc1)S(=O)(=O)c1ccc(OC)c(Cl)c1. The molecule has 178 valence electrons. The Bertz CT molecular complexity index is 1100. The lowest BCUT2D eigenvalue weighted by Gasteiger charge is -2.20. The molecular weight excluding hydrogens is 466 g/mol. The average molecular weight is 494 g/mol. The van der Waals surface area contributed by atoms with E-state index < -0.39 is 15.9 Å². The number of likely N-dealkylation sites (N-methyl/N-ethyl adjacent to an activating group) is 1. The third-order valence-electron chi connectivity index (χ3n) is 5.49. The van der Waals surface area contributed by atoms with Crippen molar-refractivity contribution in [2.45, 2.75) is 31.1 Å². The van der Waals surface area contributed by atoms with Crippen LogP contribution in [0.2, 0.25) is 5.02 Å². The number of ether oxygens (including phenoxy) is 1. The van der Waals surface area contributed by atoms with E-state index in [1.54, 1.807) is 31.2 Å². The molecule has 0 aliphatic carbocycles. The normalized spacial score (nSPS) is 13.9. The van der Waals surface area contributed by atoms with Gasteiger partial charge < -0.3 is 15.0 Å². The number of carbonyl (C=O) groups excluding carboxylic acids is 2. The molecule has 1 heterocycles. The maximum Gasteiger partial charge on any atom is 0.243 e. The van der Waals surface area contributed by atoms with Crippen molar-refractivity contribution in [3.05, 3.63) is 53.1 Å².